The Morgan fingerprint density at radius 2 is 1.96 bits per heavy atom. The largest absolute Gasteiger partial charge is 0.427 e. The van der Waals surface area contributed by atoms with Crippen LogP contribution in [0.3, 0.4) is 0 Å². The predicted molar refractivity (Wildman–Crippen MR) is 92.6 cm³/mol. The lowest BCUT2D eigenvalue weighted by Gasteiger charge is -2.23. The quantitative estimate of drug-likeness (QED) is 0.623. The third kappa shape index (κ3) is 5.78. The Balaban J connectivity index is 2.04. The van der Waals surface area contributed by atoms with Gasteiger partial charge >= 0.3 is 5.97 Å². The van der Waals surface area contributed by atoms with E-state index in [9.17, 15) is 9.90 Å². The number of aliphatic hydroxyl groups excluding tert-OH is 1. The van der Waals surface area contributed by atoms with Crippen molar-refractivity contribution >= 4 is 17.3 Å². The van der Waals surface area contributed by atoms with Crippen molar-refractivity contribution in [2.75, 3.05) is 6.54 Å². The van der Waals surface area contributed by atoms with Gasteiger partial charge in [0, 0.05) is 31.4 Å². The van der Waals surface area contributed by atoms with Gasteiger partial charge in [-0.3, -0.25) is 9.69 Å². The fraction of sp³-hybridized carbons (Fsp3) is 0.389. The maximum Gasteiger partial charge on any atom is 0.308 e. The molecule has 0 saturated heterocycles. The second kappa shape index (κ2) is 8.24. The highest BCUT2D eigenvalue weighted by molar-refractivity contribution is 7.10. The minimum absolute atomic E-state index is 0.318. The van der Waals surface area contributed by atoms with Crippen LogP contribution in [0.15, 0.2) is 35.7 Å². The van der Waals surface area contributed by atoms with Crippen LogP contribution in [0, 0.1) is 6.92 Å². The summed E-state index contributed by atoms with van der Waals surface area (Å²) in [4.78, 5) is 14.5. The molecular weight excluding hydrogens is 310 g/mol. The molecule has 0 saturated carbocycles. The van der Waals surface area contributed by atoms with Crippen molar-refractivity contribution in [3.63, 3.8) is 0 Å². The average Bonchev–Trinajstić information content (AvgIpc) is 2.85. The molecule has 1 heterocycles. The zero-order chi connectivity index (χ0) is 16.8. The zero-order valence-corrected chi connectivity index (χ0v) is 14.6. The number of rotatable bonds is 7. The van der Waals surface area contributed by atoms with Crippen LogP contribution in [0.2, 0.25) is 0 Å². The highest BCUT2D eigenvalue weighted by Crippen LogP contribution is 2.20. The first-order valence-corrected chi connectivity index (χ1v) is 8.52. The Morgan fingerprint density at radius 1 is 1.26 bits per heavy atom. The summed E-state index contributed by atoms with van der Waals surface area (Å²) in [6.45, 7) is 7.48. The lowest BCUT2D eigenvalue weighted by molar-refractivity contribution is -0.131. The molecule has 0 bridgehead atoms. The van der Waals surface area contributed by atoms with Crippen LogP contribution >= 0.6 is 11.3 Å². The molecule has 1 aromatic heterocycles. The van der Waals surface area contributed by atoms with E-state index in [2.05, 4.69) is 23.3 Å². The summed E-state index contributed by atoms with van der Waals surface area (Å²) in [6.07, 6.45) is -0.379. The molecule has 0 spiro atoms. The molecule has 0 amide bonds. The Kier molecular flexibility index (Phi) is 6.33. The van der Waals surface area contributed by atoms with Gasteiger partial charge in [-0.1, -0.05) is 12.1 Å². The number of aryl methyl sites for hydroxylation is 1. The van der Waals surface area contributed by atoms with Gasteiger partial charge in [0.1, 0.15) is 5.75 Å². The van der Waals surface area contributed by atoms with Gasteiger partial charge in [-0.2, -0.15) is 0 Å². The fourth-order valence-electron chi connectivity index (χ4n) is 2.41. The summed E-state index contributed by atoms with van der Waals surface area (Å²) >= 11 is 1.74. The van der Waals surface area contributed by atoms with Crippen molar-refractivity contribution < 1.29 is 14.6 Å². The van der Waals surface area contributed by atoms with Crippen molar-refractivity contribution in [1.29, 1.82) is 0 Å². The average molecular weight is 333 g/mol. The first-order chi connectivity index (χ1) is 10.9. The molecule has 5 heteroatoms. The topological polar surface area (TPSA) is 49.8 Å². The Labute approximate surface area is 141 Å². The van der Waals surface area contributed by atoms with Gasteiger partial charge in [-0.05, 0) is 48.6 Å². The Hall–Kier alpha value is -1.69. The van der Waals surface area contributed by atoms with Crippen LogP contribution in [0.5, 0.6) is 5.75 Å². The number of thiophene rings is 1. The van der Waals surface area contributed by atoms with Crippen molar-refractivity contribution in [3.05, 3.63) is 51.7 Å². The van der Waals surface area contributed by atoms with E-state index in [-0.39, 0.29) is 12.1 Å². The molecule has 2 rings (SSSR count). The van der Waals surface area contributed by atoms with E-state index in [1.54, 1.807) is 30.4 Å². The van der Waals surface area contributed by atoms with Crippen LogP contribution in [0.25, 0.3) is 0 Å². The predicted octanol–water partition coefficient (Wildman–Crippen LogP) is 3.36. The molecule has 1 aromatic carbocycles. The maximum absolute atomic E-state index is 10.9. The van der Waals surface area contributed by atoms with E-state index in [0.717, 1.165) is 18.7 Å². The molecule has 0 fully saturated rings. The normalized spacial score (nSPS) is 12.4. The van der Waals surface area contributed by atoms with Gasteiger partial charge in [0.15, 0.2) is 0 Å². The second-order valence-corrected chi connectivity index (χ2v) is 6.78. The van der Waals surface area contributed by atoms with Crippen molar-refractivity contribution in [1.82, 2.24) is 4.90 Å². The van der Waals surface area contributed by atoms with Gasteiger partial charge < -0.3 is 9.84 Å². The van der Waals surface area contributed by atoms with Crippen molar-refractivity contribution in [2.24, 2.45) is 0 Å². The van der Waals surface area contributed by atoms with E-state index in [1.165, 1.54) is 17.4 Å². The lowest BCUT2D eigenvalue weighted by atomic mass is 10.2. The summed E-state index contributed by atoms with van der Waals surface area (Å²) in [5.41, 5.74) is 2.41. The molecule has 1 N–H and O–H groups in total. The Bertz CT molecular complexity index is 634. The molecule has 0 aliphatic rings. The standard InChI is InChI=1S/C18H23NO3S/c1-13-8-9-23-18(13)12-19(10-14(2)20)11-16-4-6-17(7-5-16)22-15(3)21/h4-9,14,20H,10-12H2,1-3H3. The minimum atomic E-state index is -0.379. The maximum atomic E-state index is 10.9. The van der Waals surface area contributed by atoms with Crippen LogP contribution < -0.4 is 4.74 Å². The van der Waals surface area contributed by atoms with Gasteiger partial charge in [-0.25, -0.2) is 0 Å². The minimum Gasteiger partial charge on any atom is -0.427 e. The molecule has 1 atom stereocenters. The van der Waals surface area contributed by atoms with Crippen LogP contribution in [-0.2, 0) is 17.9 Å². The molecular formula is C18H23NO3S. The van der Waals surface area contributed by atoms with Gasteiger partial charge in [-0.15, -0.1) is 11.3 Å². The number of aliphatic hydroxyl groups is 1. The number of ether oxygens (including phenoxy) is 1. The number of carbonyl (C=O) groups is 1. The zero-order valence-electron chi connectivity index (χ0n) is 13.8. The number of esters is 1. The van der Waals surface area contributed by atoms with Crippen molar-refractivity contribution in [3.8, 4) is 5.75 Å². The summed E-state index contributed by atoms with van der Waals surface area (Å²) in [5, 5.41) is 11.8. The third-order valence-electron chi connectivity index (χ3n) is 3.45. The van der Waals surface area contributed by atoms with Crippen LogP contribution in [0.1, 0.15) is 29.9 Å². The van der Waals surface area contributed by atoms with E-state index >= 15 is 0 Å². The summed E-state index contributed by atoms with van der Waals surface area (Å²) in [6, 6.07) is 9.62. The van der Waals surface area contributed by atoms with E-state index in [1.807, 2.05) is 12.1 Å². The van der Waals surface area contributed by atoms with Crippen molar-refractivity contribution in [2.45, 2.75) is 40.0 Å². The van der Waals surface area contributed by atoms with Gasteiger partial charge in [0.25, 0.3) is 0 Å². The smallest absolute Gasteiger partial charge is 0.308 e. The monoisotopic (exact) mass is 333 g/mol. The third-order valence-corrected chi connectivity index (χ3v) is 4.46. The number of hydrogen-bond acceptors (Lipinski definition) is 5. The number of benzene rings is 1. The highest BCUT2D eigenvalue weighted by atomic mass is 32.1. The SMILES string of the molecule is CC(=O)Oc1ccc(CN(Cc2sccc2C)CC(C)O)cc1. The molecule has 2 aromatic rings. The molecule has 0 aliphatic heterocycles. The molecule has 23 heavy (non-hydrogen) atoms. The lowest BCUT2D eigenvalue weighted by Crippen LogP contribution is -2.30. The molecule has 0 aliphatic carbocycles. The van der Waals surface area contributed by atoms with Crippen LogP contribution in [0.4, 0.5) is 0 Å². The van der Waals surface area contributed by atoms with E-state index in [4.69, 9.17) is 4.74 Å². The van der Waals surface area contributed by atoms with Gasteiger partial charge in [0.2, 0.25) is 0 Å². The fourth-order valence-corrected chi connectivity index (χ4v) is 3.36. The summed E-state index contributed by atoms with van der Waals surface area (Å²) in [7, 11) is 0. The first kappa shape index (κ1) is 17.7. The highest BCUT2D eigenvalue weighted by Gasteiger charge is 2.12. The molecule has 4 nitrogen and oxygen atoms in total. The number of hydrogen-bond donors (Lipinski definition) is 1. The number of nitrogens with zero attached hydrogens (tertiary/aromatic N) is 1. The molecule has 1 unspecified atom stereocenters. The Morgan fingerprint density at radius 3 is 2.48 bits per heavy atom. The summed E-state index contributed by atoms with van der Waals surface area (Å²) < 4.78 is 5.05. The first-order valence-electron chi connectivity index (χ1n) is 7.65. The van der Waals surface area contributed by atoms with E-state index in [0.29, 0.717) is 12.3 Å². The molecule has 124 valence electrons. The van der Waals surface area contributed by atoms with E-state index < -0.39 is 0 Å². The second-order valence-electron chi connectivity index (χ2n) is 5.78. The van der Waals surface area contributed by atoms with Gasteiger partial charge in [0.05, 0.1) is 6.10 Å². The molecule has 0 radical (unpaired) electrons. The number of carbonyl (C=O) groups excluding carboxylic acids is 1. The van der Waals surface area contributed by atoms with Crippen LogP contribution in [-0.4, -0.2) is 28.6 Å². The summed E-state index contributed by atoms with van der Waals surface area (Å²) in [5.74, 6) is 0.235.